The summed E-state index contributed by atoms with van der Waals surface area (Å²) in [7, 11) is 0. The monoisotopic (exact) mass is 309 g/mol. The van der Waals surface area contributed by atoms with E-state index in [1.54, 1.807) is 0 Å². The number of rotatable bonds is 0. The van der Waals surface area contributed by atoms with Crippen molar-refractivity contribution >= 4 is 0 Å². The Balaban J connectivity index is 0. The van der Waals surface area contributed by atoms with Crippen molar-refractivity contribution in [3.05, 3.63) is 0 Å². The van der Waals surface area contributed by atoms with Crippen molar-refractivity contribution in [3.8, 4) is 0 Å². The molecule has 0 aliphatic carbocycles. The molecule has 0 heterocycles. The minimum absolute atomic E-state index is 0. The van der Waals surface area contributed by atoms with Crippen molar-refractivity contribution in [2.75, 3.05) is 0 Å². The van der Waals surface area contributed by atoms with Crippen molar-refractivity contribution in [1.29, 1.82) is 0 Å². The SMILES string of the molecule is O.[Co].[Ti].[W]. The molecule has 0 rings (SSSR count). The average molecular weight is 309 g/mol. The Morgan fingerprint density at radius 1 is 1.00 bits per heavy atom. The van der Waals surface area contributed by atoms with Crippen molar-refractivity contribution < 1.29 is 65.0 Å². The van der Waals surface area contributed by atoms with E-state index in [9.17, 15) is 0 Å². The zero-order valence-corrected chi connectivity index (χ0v) is 7.28. The quantitative estimate of drug-likeness (QED) is 0.523. The fraction of sp³-hybridized carbons (Fsp3) is 0. The van der Waals surface area contributed by atoms with E-state index in [-0.39, 0.29) is 65.0 Å². The Morgan fingerprint density at radius 3 is 1.00 bits per heavy atom. The second-order valence-corrected chi connectivity index (χ2v) is 0. The summed E-state index contributed by atoms with van der Waals surface area (Å²) >= 11 is 0. The van der Waals surface area contributed by atoms with Crippen LogP contribution in [0.15, 0.2) is 0 Å². The van der Waals surface area contributed by atoms with E-state index in [2.05, 4.69) is 0 Å². The van der Waals surface area contributed by atoms with Crippen LogP contribution in [0.4, 0.5) is 0 Å². The summed E-state index contributed by atoms with van der Waals surface area (Å²) in [6.07, 6.45) is 0. The Morgan fingerprint density at radius 2 is 1.00 bits per heavy atom. The minimum atomic E-state index is 0. The summed E-state index contributed by atoms with van der Waals surface area (Å²) in [4.78, 5) is 0. The molecule has 4 heavy (non-hydrogen) atoms. The zero-order valence-electron chi connectivity index (χ0n) is 1.74. The van der Waals surface area contributed by atoms with Gasteiger partial charge >= 0.3 is 0 Å². The maximum Gasteiger partial charge on any atom is 0 e. The summed E-state index contributed by atoms with van der Waals surface area (Å²) in [5.41, 5.74) is 0. The van der Waals surface area contributed by atoms with Crippen LogP contribution < -0.4 is 0 Å². The normalized spacial score (nSPS) is 0. The molecule has 0 fully saturated rings. The first kappa shape index (κ1) is 39.8. The van der Waals surface area contributed by atoms with Gasteiger partial charge in [-0.3, -0.25) is 0 Å². The van der Waals surface area contributed by atoms with E-state index in [0.717, 1.165) is 0 Å². The van der Waals surface area contributed by atoms with Crippen LogP contribution in [-0.4, -0.2) is 5.48 Å². The Kier molecular flexibility index (Phi) is 208. The molecule has 1 nitrogen and oxygen atoms in total. The molecule has 0 bridgehead atoms. The molecule has 0 saturated carbocycles. The van der Waals surface area contributed by atoms with E-state index in [4.69, 9.17) is 0 Å². The zero-order chi connectivity index (χ0) is 0. The first-order valence-electron chi connectivity index (χ1n) is 0. The predicted molar refractivity (Wildman–Crippen MR) is 3.61 cm³/mol. The van der Waals surface area contributed by atoms with Crippen LogP contribution in [0.1, 0.15) is 0 Å². The van der Waals surface area contributed by atoms with E-state index < -0.39 is 0 Å². The van der Waals surface area contributed by atoms with Gasteiger partial charge in [0.15, 0.2) is 0 Å². The summed E-state index contributed by atoms with van der Waals surface area (Å²) in [5.74, 6) is 0. The molecule has 27 valence electrons. The molecule has 0 amide bonds. The van der Waals surface area contributed by atoms with Gasteiger partial charge in [-0.2, -0.15) is 0 Å². The predicted octanol–water partition coefficient (Wildman–Crippen LogP) is -0.832. The van der Waals surface area contributed by atoms with Crippen molar-refractivity contribution in [2.24, 2.45) is 0 Å². The summed E-state index contributed by atoms with van der Waals surface area (Å²) in [6.45, 7) is 0. The largest absolute Gasteiger partial charge is 0.412 e. The van der Waals surface area contributed by atoms with Gasteiger partial charge in [0.2, 0.25) is 0 Å². The van der Waals surface area contributed by atoms with Gasteiger partial charge in [-0.05, 0) is 0 Å². The van der Waals surface area contributed by atoms with Gasteiger partial charge in [0.1, 0.15) is 0 Å². The van der Waals surface area contributed by atoms with Gasteiger partial charge in [0.05, 0.1) is 0 Å². The molecular formula is H2CoOTiW. The van der Waals surface area contributed by atoms with Gasteiger partial charge in [-0.1, -0.05) is 0 Å². The summed E-state index contributed by atoms with van der Waals surface area (Å²) in [6, 6.07) is 0. The van der Waals surface area contributed by atoms with Crippen molar-refractivity contribution in [2.45, 2.75) is 0 Å². The first-order chi connectivity index (χ1) is 0. The van der Waals surface area contributed by atoms with Crippen LogP contribution >= 0.6 is 0 Å². The van der Waals surface area contributed by atoms with Gasteiger partial charge in [0.25, 0.3) is 0 Å². The fourth-order valence-electron chi connectivity index (χ4n) is 0. The smallest absolute Gasteiger partial charge is 0 e. The molecule has 0 saturated heterocycles. The molecule has 0 spiro atoms. The molecule has 4 heteroatoms. The third-order valence-electron chi connectivity index (χ3n) is 0. The summed E-state index contributed by atoms with van der Waals surface area (Å²) in [5, 5.41) is 0. The van der Waals surface area contributed by atoms with Gasteiger partial charge in [-0.15, -0.1) is 0 Å². The Hall–Kier alpha value is 1.87. The maximum atomic E-state index is 0. The molecule has 2 N–H and O–H groups in total. The molecule has 1 radical (unpaired) electrons. The Bertz CT molecular complexity index is 8.00. The van der Waals surface area contributed by atoms with Crippen LogP contribution in [0.25, 0.3) is 0 Å². The molecule has 0 aliphatic heterocycles. The third-order valence-corrected chi connectivity index (χ3v) is 0. The van der Waals surface area contributed by atoms with Crippen LogP contribution in [0.2, 0.25) is 0 Å². The van der Waals surface area contributed by atoms with Gasteiger partial charge in [-0.25, -0.2) is 0 Å². The molecule has 0 aliphatic rings. The third kappa shape index (κ3) is 9.12. The average Bonchev–Trinajstić information content (AvgIpc) is 0. The molecule has 0 unspecified atom stereocenters. The molecule has 0 atom stereocenters. The van der Waals surface area contributed by atoms with E-state index in [1.165, 1.54) is 0 Å². The van der Waals surface area contributed by atoms with Crippen LogP contribution in [-0.2, 0) is 59.6 Å². The standard InChI is InChI=1S/Co.H2O.Ti.W/h;1H2;;. The van der Waals surface area contributed by atoms with Crippen molar-refractivity contribution in [1.82, 2.24) is 0 Å². The topological polar surface area (TPSA) is 31.5 Å². The van der Waals surface area contributed by atoms with E-state index in [1.807, 2.05) is 0 Å². The number of hydrogen-bond donors (Lipinski definition) is 0. The van der Waals surface area contributed by atoms with Crippen LogP contribution in [0.3, 0.4) is 0 Å². The molecule has 0 aromatic rings. The van der Waals surface area contributed by atoms with E-state index >= 15 is 0 Å². The molecule has 0 aromatic heterocycles. The second-order valence-electron chi connectivity index (χ2n) is 0. The first-order valence-corrected chi connectivity index (χ1v) is 0. The van der Waals surface area contributed by atoms with Gasteiger partial charge < -0.3 is 5.48 Å². The fourth-order valence-corrected chi connectivity index (χ4v) is 0. The number of hydrogen-bond acceptors (Lipinski definition) is 0. The second kappa shape index (κ2) is 20.9. The van der Waals surface area contributed by atoms with Gasteiger partial charge in [0, 0.05) is 59.6 Å². The molecular weight excluding hydrogens is 307 g/mol. The van der Waals surface area contributed by atoms with E-state index in [0.29, 0.717) is 0 Å². The molecule has 0 aromatic carbocycles. The van der Waals surface area contributed by atoms with Crippen LogP contribution in [0, 0.1) is 0 Å². The maximum absolute atomic E-state index is 0. The minimum Gasteiger partial charge on any atom is -0.412 e. The van der Waals surface area contributed by atoms with Crippen molar-refractivity contribution in [3.63, 3.8) is 0 Å². The summed E-state index contributed by atoms with van der Waals surface area (Å²) < 4.78 is 0. The Labute approximate surface area is 64.6 Å². The van der Waals surface area contributed by atoms with Crippen LogP contribution in [0.5, 0.6) is 0 Å².